The molecule has 0 spiro atoms. The van der Waals surface area contributed by atoms with Crippen LogP contribution in [0.4, 0.5) is 22.7 Å². The third-order valence-corrected chi connectivity index (χ3v) is 8.60. The van der Waals surface area contributed by atoms with Gasteiger partial charge in [-0.25, -0.2) is 0 Å². The fourth-order valence-electron chi connectivity index (χ4n) is 6.22. The van der Waals surface area contributed by atoms with Crippen LogP contribution in [0.5, 0.6) is 11.5 Å². The van der Waals surface area contributed by atoms with E-state index in [1.165, 1.54) is 25.7 Å². The minimum absolute atomic E-state index is 0.0153. The van der Waals surface area contributed by atoms with E-state index >= 15 is 0 Å². The first-order valence-corrected chi connectivity index (χ1v) is 15.3. The van der Waals surface area contributed by atoms with Crippen LogP contribution >= 0.6 is 0 Å². The number of nitro groups is 1. The molecule has 2 aliphatic heterocycles. The summed E-state index contributed by atoms with van der Waals surface area (Å²) in [4.78, 5) is 39.5. The van der Waals surface area contributed by atoms with Gasteiger partial charge in [-0.05, 0) is 97.6 Å². The molecule has 0 bridgehead atoms. The molecule has 1 unspecified atom stereocenters. The van der Waals surface area contributed by atoms with Crippen molar-refractivity contribution in [1.29, 1.82) is 0 Å². The zero-order valence-corrected chi connectivity index (χ0v) is 25.4. The Hall–Kier alpha value is -5.42. The summed E-state index contributed by atoms with van der Waals surface area (Å²) in [6.45, 7) is 2.31. The van der Waals surface area contributed by atoms with Crippen LogP contribution in [0, 0.1) is 10.1 Å². The van der Waals surface area contributed by atoms with Gasteiger partial charge in [-0.3, -0.25) is 24.6 Å². The predicted octanol–water partition coefficient (Wildman–Crippen LogP) is 6.63. The summed E-state index contributed by atoms with van der Waals surface area (Å²) in [7, 11) is 1.39. The Balaban J connectivity index is 1.25. The van der Waals surface area contributed by atoms with Crippen LogP contribution in [0.1, 0.15) is 58.0 Å². The molecule has 236 valence electrons. The highest BCUT2D eigenvalue weighted by atomic mass is 16.6. The normalized spacial score (nSPS) is 14.9. The molecule has 4 N–H and O–H groups in total. The summed E-state index contributed by atoms with van der Waals surface area (Å²) in [5, 5.41) is 30.9. The van der Waals surface area contributed by atoms with Gasteiger partial charge in [0.1, 0.15) is 5.75 Å². The number of anilines is 3. The third kappa shape index (κ3) is 6.36. The monoisotopic (exact) mass is 621 g/mol. The number of para-hydroxylation sites is 1. The molecule has 0 radical (unpaired) electrons. The van der Waals surface area contributed by atoms with Crippen molar-refractivity contribution in [2.45, 2.75) is 31.7 Å². The van der Waals surface area contributed by atoms with Crippen molar-refractivity contribution in [1.82, 2.24) is 10.2 Å². The van der Waals surface area contributed by atoms with Crippen molar-refractivity contribution in [2.75, 3.05) is 37.4 Å². The van der Waals surface area contributed by atoms with Crippen LogP contribution in [-0.2, 0) is 0 Å². The number of hydrogen-bond acceptors (Lipinski definition) is 8. The van der Waals surface area contributed by atoms with Gasteiger partial charge in [0.15, 0.2) is 5.75 Å². The fourth-order valence-corrected chi connectivity index (χ4v) is 6.22. The highest BCUT2D eigenvalue weighted by molar-refractivity contribution is 6.12. The molecule has 0 aliphatic carbocycles. The van der Waals surface area contributed by atoms with Crippen LogP contribution in [0.3, 0.4) is 0 Å². The van der Waals surface area contributed by atoms with Gasteiger partial charge in [0, 0.05) is 18.7 Å². The number of amides is 2. The quantitative estimate of drug-likeness (QED) is 0.120. The molecule has 1 fully saturated rings. The number of nitro benzene ring substituents is 1. The van der Waals surface area contributed by atoms with E-state index in [1.807, 2.05) is 18.2 Å². The number of nitrogens with one attached hydrogen (secondary N) is 3. The Kier molecular flexibility index (Phi) is 8.84. The number of hydrogen-bond donors (Lipinski definition) is 4. The number of methoxy groups -OCH3 is 1. The van der Waals surface area contributed by atoms with Crippen molar-refractivity contribution >= 4 is 34.6 Å². The number of aromatic hydroxyl groups is 1. The predicted molar refractivity (Wildman–Crippen MR) is 176 cm³/mol. The highest BCUT2D eigenvalue weighted by Gasteiger charge is 2.26. The van der Waals surface area contributed by atoms with E-state index in [0.29, 0.717) is 35.5 Å². The minimum atomic E-state index is -0.487. The van der Waals surface area contributed by atoms with E-state index in [2.05, 4.69) is 26.9 Å². The maximum absolute atomic E-state index is 13.4. The van der Waals surface area contributed by atoms with Gasteiger partial charge < -0.3 is 25.8 Å². The molecule has 1 saturated heterocycles. The Morgan fingerprint density at radius 3 is 2.48 bits per heavy atom. The minimum Gasteiger partial charge on any atom is -0.507 e. The first-order chi connectivity index (χ1) is 22.3. The van der Waals surface area contributed by atoms with Crippen molar-refractivity contribution in [3.05, 3.63) is 106 Å². The van der Waals surface area contributed by atoms with E-state index in [1.54, 1.807) is 42.5 Å². The lowest BCUT2D eigenvalue weighted by atomic mass is 9.97. The number of nitrogens with zero attached hydrogens (tertiary/aromatic N) is 2. The van der Waals surface area contributed by atoms with Gasteiger partial charge in [-0.15, -0.1) is 0 Å². The highest BCUT2D eigenvalue weighted by Crippen LogP contribution is 2.39. The van der Waals surface area contributed by atoms with Gasteiger partial charge in [0.2, 0.25) is 0 Å². The van der Waals surface area contributed by atoms with Crippen molar-refractivity contribution < 1.29 is 24.4 Å². The van der Waals surface area contributed by atoms with Gasteiger partial charge in [0.25, 0.3) is 11.8 Å². The number of carbonyl (C=O) groups excluding carboxylic acids is 2. The summed E-state index contributed by atoms with van der Waals surface area (Å²) in [6, 6.07) is 22.6. The summed E-state index contributed by atoms with van der Waals surface area (Å²) >= 11 is 0. The second kappa shape index (κ2) is 13.3. The number of fused-ring (bicyclic) bond motifs is 2. The van der Waals surface area contributed by atoms with Crippen LogP contribution in [0.15, 0.2) is 78.9 Å². The topological polar surface area (TPSA) is 146 Å². The number of ether oxygens (including phenoxy) is 1. The number of likely N-dealkylation sites (tertiary alicyclic amines) is 1. The molecule has 6 rings (SSSR count). The van der Waals surface area contributed by atoms with Crippen LogP contribution < -0.4 is 20.7 Å². The Labute approximate surface area is 266 Å². The molecular formula is C35H35N5O6. The molecule has 11 nitrogen and oxygen atoms in total. The summed E-state index contributed by atoms with van der Waals surface area (Å²) < 4.78 is 5.24. The Morgan fingerprint density at radius 1 is 0.957 bits per heavy atom. The lowest BCUT2D eigenvalue weighted by Gasteiger charge is -2.35. The van der Waals surface area contributed by atoms with Crippen molar-refractivity contribution in [3.63, 3.8) is 0 Å². The van der Waals surface area contributed by atoms with Gasteiger partial charge in [0.05, 0.1) is 40.2 Å². The molecule has 4 aromatic rings. The number of phenolic OH excluding ortho intramolecular Hbond substituents is 1. The summed E-state index contributed by atoms with van der Waals surface area (Å²) in [5.41, 5.74) is 5.10. The van der Waals surface area contributed by atoms with Gasteiger partial charge >= 0.3 is 5.69 Å². The maximum atomic E-state index is 13.4. The van der Waals surface area contributed by atoms with E-state index in [0.717, 1.165) is 42.7 Å². The third-order valence-electron chi connectivity index (χ3n) is 8.60. The number of benzene rings is 4. The largest absolute Gasteiger partial charge is 0.507 e. The van der Waals surface area contributed by atoms with E-state index in [9.17, 15) is 24.8 Å². The SMILES string of the molecule is COc1cc(-c2ccc3c(c2)Nc2ccc(C(CCNC(=O)c4ccccc4O)N4CCCCC4)cc2NC3=O)ccc1[N+](=O)[O-]. The number of piperidine rings is 1. The molecule has 2 heterocycles. The molecule has 11 heteroatoms. The molecule has 2 aliphatic rings. The average Bonchev–Trinajstić information content (AvgIpc) is 3.21. The average molecular weight is 622 g/mol. The molecule has 0 aromatic heterocycles. The molecule has 4 aromatic carbocycles. The molecule has 2 amide bonds. The number of phenols is 1. The lowest BCUT2D eigenvalue weighted by Crippen LogP contribution is -2.36. The molecular weight excluding hydrogens is 586 g/mol. The zero-order valence-electron chi connectivity index (χ0n) is 25.4. The number of rotatable bonds is 9. The number of carbonyl (C=O) groups is 2. The first-order valence-electron chi connectivity index (χ1n) is 15.3. The Bertz CT molecular complexity index is 1800. The van der Waals surface area contributed by atoms with Crippen LogP contribution in [0.2, 0.25) is 0 Å². The second-order valence-corrected chi connectivity index (χ2v) is 11.5. The van der Waals surface area contributed by atoms with Crippen LogP contribution in [0.25, 0.3) is 11.1 Å². The van der Waals surface area contributed by atoms with E-state index in [4.69, 9.17) is 4.74 Å². The molecule has 46 heavy (non-hydrogen) atoms. The summed E-state index contributed by atoms with van der Waals surface area (Å²) in [5.74, 6) is -0.474. The van der Waals surface area contributed by atoms with Crippen LogP contribution in [-0.4, -0.2) is 53.5 Å². The maximum Gasteiger partial charge on any atom is 0.310 e. The zero-order chi connectivity index (χ0) is 32.2. The first kappa shape index (κ1) is 30.6. The van der Waals surface area contributed by atoms with Gasteiger partial charge in [-0.1, -0.05) is 30.7 Å². The fraction of sp³-hybridized carbons (Fsp3) is 0.257. The van der Waals surface area contributed by atoms with Gasteiger partial charge in [-0.2, -0.15) is 0 Å². The Morgan fingerprint density at radius 2 is 1.72 bits per heavy atom. The summed E-state index contributed by atoms with van der Waals surface area (Å²) in [6.07, 6.45) is 4.04. The smallest absolute Gasteiger partial charge is 0.310 e. The van der Waals surface area contributed by atoms with E-state index in [-0.39, 0.29) is 40.6 Å². The van der Waals surface area contributed by atoms with Crippen molar-refractivity contribution in [2.24, 2.45) is 0 Å². The molecule has 1 atom stereocenters. The second-order valence-electron chi connectivity index (χ2n) is 11.5. The standard InChI is InChI=1S/C35H35N5O6/c1-46-33-21-23(11-14-31(33)40(44)45)22-9-12-25-28(19-22)37-27-13-10-24(20-29(27)38-35(25)43)30(39-17-5-2-6-18-39)15-16-36-34(42)26-7-3-4-8-32(26)41/h3-4,7-14,19-21,30,37,41H,2,5-6,15-18H2,1H3,(H,36,42)(H,38,43). The lowest BCUT2D eigenvalue weighted by molar-refractivity contribution is -0.385. The molecule has 0 saturated carbocycles. The van der Waals surface area contributed by atoms with Crippen molar-refractivity contribution in [3.8, 4) is 22.6 Å². The van der Waals surface area contributed by atoms with E-state index < -0.39 is 4.92 Å².